The van der Waals surface area contributed by atoms with Gasteiger partial charge in [-0.25, -0.2) is 0 Å². The Morgan fingerprint density at radius 2 is 1.84 bits per heavy atom. The molecule has 0 radical (unpaired) electrons. The average molecular weight is 269 g/mol. The van der Waals surface area contributed by atoms with Crippen molar-refractivity contribution in [3.63, 3.8) is 0 Å². The maximum atomic E-state index is 12.3. The summed E-state index contributed by atoms with van der Waals surface area (Å²) in [6.07, 6.45) is 3.08. The van der Waals surface area contributed by atoms with Crippen LogP contribution in [0.5, 0.6) is 0 Å². The number of hydrogen-bond acceptors (Lipinski definition) is 4. The van der Waals surface area contributed by atoms with Gasteiger partial charge in [0.25, 0.3) is 0 Å². The van der Waals surface area contributed by atoms with Crippen molar-refractivity contribution >= 4 is 11.9 Å². The van der Waals surface area contributed by atoms with Gasteiger partial charge in [-0.05, 0) is 34.0 Å². The quantitative estimate of drug-likeness (QED) is 0.308. The third-order valence-electron chi connectivity index (χ3n) is 2.51. The van der Waals surface area contributed by atoms with E-state index in [1.54, 1.807) is 32.9 Å². The van der Waals surface area contributed by atoms with E-state index in [9.17, 15) is 9.59 Å². The minimum Gasteiger partial charge on any atom is -0.465 e. The van der Waals surface area contributed by atoms with Gasteiger partial charge >= 0.3 is 11.9 Å². The van der Waals surface area contributed by atoms with Crippen LogP contribution < -0.4 is 0 Å². The molecular weight excluding hydrogens is 244 g/mol. The van der Waals surface area contributed by atoms with Gasteiger partial charge in [0.1, 0.15) is 0 Å². The molecule has 0 fully saturated rings. The molecule has 4 nitrogen and oxygen atoms in total. The summed E-state index contributed by atoms with van der Waals surface area (Å²) in [5.41, 5.74) is -1.64. The summed E-state index contributed by atoms with van der Waals surface area (Å²) in [7, 11) is 0. The summed E-state index contributed by atoms with van der Waals surface area (Å²) in [6.45, 7) is 2.74. The highest BCUT2D eigenvalue weighted by Gasteiger charge is 2.47. The fraction of sp³-hybridized carbons (Fsp3) is 0.600. The van der Waals surface area contributed by atoms with Crippen LogP contribution in [0.15, 0.2) is 12.2 Å². The highest BCUT2D eigenvalue weighted by Crippen LogP contribution is 2.31. The average Bonchev–Trinajstić information content (AvgIpc) is 2.41. The van der Waals surface area contributed by atoms with Crippen LogP contribution in [-0.4, -0.2) is 25.2 Å². The molecule has 0 aromatic carbocycles. The van der Waals surface area contributed by atoms with Gasteiger partial charge < -0.3 is 9.47 Å². The Balaban J connectivity index is 5.65. The zero-order valence-electron chi connectivity index (χ0n) is 14.6. The van der Waals surface area contributed by atoms with Crippen molar-refractivity contribution < 1.29 is 23.2 Å². The number of carbonyl (C=O) groups excluding carboxylic acids is 2. The molecule has 0 unspecified atom stereocenters. The van der Waals surface area contributed by atoms with Crippen molar-refractivity contribution in [3.05, 3.63) is 12.2 Å². The van der Waals surface area contributed by atoms with Crippen molar-refractivity contribution in [2.24, 2.45) is 5.41 Å². The predicted molar refractivity (Wildman–Crippen MR) is 73.2 cm³/mol. The lowest BCUT2D eigenvalue weighted by atomic mass is 9.81. The van der Waals surface area contributed by atoms with E-state index in [2.05, 4.69) is 11.8 Å². The van der Waals surface area contributed by atoms with Crippen molar-refractivity contribution in [2.75, 3.05) is 13.2 Å². The lowest BCUT2D eigenvalue weighted by Gasteiger charge is -2.26. The molecule has 0 aromatic heterocycles. The summed E-state index contributed by atoms with van der Waals surface area (Å²) in [5, 5.41) is 0. The Morgan fingerprint density at radius 1 is 1.26 bits per heavy atom. The van der Waals surface area contributed by atoms with E-state index >= 15 is 0 Å². The normalized spacial score (nSPS) is 13.7. The van der Waals surface area contributed by atoms with E-state index < -0.39 is 24.2 Å². The van der Waals surface area contributed by atoms with E-state index in [0.717, 1.165) is 0 Å². The number of hydrogen-bond donors (Lipinski definition) is 0. The van der Waals surface area contributed by atoms with Gasteiger partial charge in [-0.2, -0.15) is 0 Å². The second-order valence-corrected chi connectivity index (χ2v) is 3.77. The molecule has 0 atom stereocenters. The molecule has 0 aliphatic carbocycles. The van der Waals surface area contributed by atoms with E-state index in [1.807, 2.05) is 0 Å². The Kier molecular flexibility index (Phi) is 5.95. The molecular formula is C15H22O4. The molecule has 0 aliphatic rings. The van der Waals surface area contributed by atoms with Crippen LogP contribution >= 0.6 is 0 Å². The number of esters is 2. The SMILES string of the molecule is [2H]C([2H])([2H])C#CCC(C/C=C/C)(C(=O)OCC)C(=O)OCC. The first kappa shape index (κ1) is 12.3. The zero-order valence-corrected chi connectivity index (χ0v) is 11.6. The smallest absolute Gasteiger partial charge is 0.324 e. The van der Waals surface area contributed by atoms with Crippen LogP contribution in [-0.2, 0) is 19.1 Å². The molecule has 106 valence electrons. The molecule has 0 N–H and O–H groups in total. The van der Waals surface area contributed by atoms with Crippen LogP contribution in [0.25, 0.3) is 0 Å². The van der Waals surface area contributed by atoms with Crippen LogP contribution in [0.1, 0.15) is 44.6 Å². The topological polar surface area (TPSA) is 52.6 Å². The minimum absolute atomic E-state index is 0.0385. The molecule has 0 aliphatic heterocycles. The van der Waals surface area contributed by atoms with Gasteiger partial charge in [0.2, 0.25) is 0 Å². The van der Waals surface area contributed by atoms with E-state index in [-0.39, 0.29) is 26.1 Å². The minimum atomic E-state index is -2.45. The molecule has 4 heteroatoms. The predicted octanol–water partition coefficient (Wildman–Crippen LogP) is 2.48. The second-order valence-electron chi connectivity index (χ2n) is 3.77. The standard InChI is InChI=1S/C15H22O4/c1-5-9-11-15(12-10-6-2,13(16)18-7-3)14(17)19-8-4/h5,9H,7-8,11-12H2,1-4H3/b9-5+/i2D3. The van der Waals surface area contributed by atoms with Crippen LogP contribution in [0.4, 0.5) is 0 Å². The van der Waals surface area contributed by atoms with Gasteiger partial charge in [0.05, 0.1) is 13.2 Å². The Morgan fingerprint density at radius 3 is 2.26 bits per heavy atom. The van der Waals surface area contributed by atoms with Gasteiger partial charge in [0, 0.05) is 10.5 Å². The second kappa shape index (κ2) is 9.21. The van der Waals surface area contributed by atoms with Crippen molar-refractivity contribution in [1.29, 1.82) is 0 Å². The number of ether oxygens (including phenoxy) is 2. The van der Waals surface area contributed by atoms with Gasteiger partial charge in [0.15, 0.2) is 5.41 Å². The van der Waals surface area contributed by atoms with Crippen molar-refractivity contribution in [1.82, 2.24) is 0 Å². The molecule has 0 saturated carbocycles. The first-order valence-electron chi connectivity index (χ1n) is 7.69. The van der Waals surface area contributed by atoms with E-state index in [4.69, 9.17) is 13.6 Å². The lowest BCUT2D eigenvalue weighted by Crippen LogP contribution is -2.41. The molecule has 0 aromatic rings. The van der Waals surface area contributed by atoms with Crippen LogP contribution in [0, 0.1) is 17.3 Å². The molecule has 19 heavy (non-hydrogen) atoms. The molecule has 0 rings (SSSR count). The summed E-state index contributed by atoms with van der Waals surface area (Å²) in [6, 6.07) is 0. The maximum absolute atomic E-state index is 12.3. The summed E-state index contributed by atoms with van der Waals surface area (Å²) >= 11 is 0. The Labute approximate surface area is 119 Å². The molecule has 0 heterocycles. The fourth-order valence-corrected chi connectivity index (χ4v) is 1.52. The first-order valence-corrected chi connectivity index (χ1v) is 6.19. The summed E-state index contributed by atoms with van der Waals surface area (Å²) < 4.78 is 31.1. The van der Waals surface area contributed by atoms with Crippen LogP contribution in [0.2, 0.25) is 0 Å². The van der Waals surface area contributed by atoms with Crippen molar-refractivity contribution in [2.45, 2.75) is 40.5 Å². The summed E-state index contributed by atoms with van der Waals surface area (Å²) in [4.78, 5) is 24.6. The summed E-state index contributed by atoms with van der Waals surface area (Å²) in [5.74, 6) is 2.95. The number of rotatable bonds is 7. The third kappa shape index (κ3) is 4.78. The Hall–Kier alpha value is -1.76. The molecule has 0 saturated heterocycles. The molecule has 0 spiro atoms. The molecule has 0 bridgehead atoms. The lowest BCUT2D eigenvalue weighted by molar-refractivity contribution is -0.171. The third-order valence-corrected chi connectivity index (χ3v) is 2.51. The van der Waals surface area contributed by atoms with E-state index in [1.165, 1.54) is 0 Å². The maximum Gasteiger partial charge on any atom is 0.324 e. The van der Waals surface area contributed by atoms with E-state index in [0.29, 0.717) is 0 Å². The Bertz CT molecular complexity index is 451. The largest absolute Gasteiger partial charge is 0.465 e. The fourth-order valence-electron chi connectivity index (χ4n) is 1.52. The zero-order chi connectivity index (χ0) is 17.2. The van der Waals surface area contributed by atoms with Crippen molar-refractivity contribution in [3.8, 4) is 11.8 Å². The highest BCUT2D eigenvalue weighted by atomic mass is 16.6. The highest BCUT2D eigenvalue weighted by molar-refractivity contribution is 6.00. The van der Waals surface area contributed by atoms with Crippen LogP contribution in [0.3, 0.4) is 0 Å². The van der Waals surface area contributed by atoms with Gasteiger partial charge in [-0.1, -0.05) is 12.2 Å². The number of allylic oxidation sites excluding steroid dienone is 2. The molecule has 0 amide bonds. The number of carbonyl (C=O) groups is 2. The van der Waals surface area contributed by atoms with Gasteiger partial charge in [-0.15, -0.1) is 11.8 Å². The monoisotopic (exact) mass is 269 g/mol. The van der Waals surface area contributed by atoms with Gasteiger partial charge in [-0.3, -0.25) is 9.59 Å². The first-order chi connectivity index (χ1) is 10.2.